The summed E-state index contributed by atoms with van der Waals surface area (Å²) in [5.41, 5.74) is -0.555. The fraction of sp³-hybridized carbons (Fsp3) is 0.889. The molecule has 0 spiro atoms. The number of hydrogen-bond acceptors (Lipinski definition) is 3. The van der Waals surface area contributed by atoms with E-state index in [0.717, 1.165) is 0 Å². The molecule has 1 aliphatic rings. The maximum Gasteiger partial charge on any atom is 0.306 e. The van der Waals surface area contributed by atoms with Crippen molar-refractivity contribution in [3.8, 4) is 0 Å². The van der Waals surface area contributed by atoms with Crippen LogP contribution in [0.25, 0.3) is 0 Å². The maximum absolute atomic E-state index is 13.3. The van der Waals surface area contributed by atoms with Crippen molar-refractivity contribution in [2.45, 2.75) is 90.6 Å². The Morgan fingerprint density at radius 3 is 2.26 bits per heavy atom. The maximum atomic E-state index is 13.3. The highest BCUT2D eigenvalue weighted by Gasteiger charge is 2.38. The molecule has 1 atom stereocenters. The minimum absolute atomic E-state index is 0.0450. The summed E-state index contributed by atoms with van der Waals surface area (Å²) in [4.78, 5) is 23.7. The second kappa shape index (κ2) is 8.20. The molecule has 3 nitrogen and oxygen atoms in total. The number of ketones is 1. The van der Waals surface area contributed by atoms with Gasteiger partial charge in [0.15, 0.2) is 0 Å². The fourth-order valence-electron chi connectivity index (χ4n) is 3.16. The molecule has 5 heteroatoms. The van der Waals surface area contributed by atoms with Crippen molar-refractivity contribution >= 4 is 11.8 Å². The van der Waals surface area contributed by atoms with E-state index in [4.69, 9.17) is 4.74 Å². The van der Waals surface area contributed by atoms with Crippen molar-refractivity contribution in [2.24, 2.45) is 11.8 Å². The van der Waals surface area contributed by atoms with Gasteiger partial charge in [0.05, 0.1) is 0 Å². The number of rotatable bonds is 7. The monoisotopic (exact) mass is 332 g/mol. The number of Topliss-reactive ketones (excluding diaryl/α,β-unsaturated/α-hetero) is 1. The van der Waals surface area contributed by atoms with Crippen molar-refractivity contribution in [2.75, 3.05) is 0 Å². The first kappa shape index (κ1) is 20.0. The predicted molar refractivity (Wildman–Crippen MR) is 85.4 cm³/mol. The van der Waals surface area contributed by atoms with Crippen LogP contribution in [0.4, 0.5) is 8.78 Å². The van der Waals surface area contributed by atoms with Crippen LogP contribution in [0.5, 0.6) is 0 Å². The van der Waals surface area contributed by atoms with Gasteiger partial charge in [0.25, 0.3) is 0 Å². The Morgan fingerprint density at radius 1 is 1.22 bits per heavy atom. The Morgan fingerprint density at radius 2 is 1.78 bits per heavy atom. The van der Waals surface area contributed by atoms with E-state index in [0.29, 0.717) is 32.1 Å². The van der Waals surface area contributed by atoms with Crippen LogP contribution in [0.15, 0.2) is 0 Å². The number of hydrogen-bond donors (Lipinski definition) is 0. The molecule has 1 rings (SSSR count). The molecule has 0 N–H and O–H groups in total. The quantitative estimate of drug-likeness (QED) is 0.622. The molecule has 1 saturated carbocycles. The van der Waals surface area contributed by atoms with Gasteiger partial charge >= 0.3 is 5.97 Å². The average Bonchev–Trinajstić information content (AvgIpc) is 2.41. The highest BCUT2D eigenvalue weighted by atomic mass is 19.3. The van der Waals surface area contributed by atoms with E-state index in [1.165, 1.54) is 0 Å². The van der Waals surface area contributed by atoms with E-state index in [2.05, 4.69) is 0 Å². The van der Waals surface area contributed by atoms with Crippen LogP contribution in [0.1, 0.15) is 79.1 Å². The molecule has 0 aromatic heterocycles. The van der Waals surface area contributed by atoms with Gasteiger partial charge in [-0.3, -0.25) is 9.59 Å². The summed E-state index contributed by atoms with van der Waals surface area (Å²) in [6.07, 6.45) is 2.28. The third-order valence-electron chi connectivity index (χ3n) is 4.47. The van der Waals surface area contributed by atoms with E-state index in [1.807, 2.05) is 27.7 Å². The summed E-state index contributed by atoms with van der Waals surface area (Å²) in [5.74, 6) is -2.70. The van der Waals surface area contributed by atoms with Crippen molar-refractivity contribution in [3.05, 3.63) is 0 Å². The molecular formula is C18H30F2O3. The van der Waals surface area contributed by atoms with Crippen LogP contribution >= 0.6 is 0 Å². The lowest BCUT2D eigenvalue weighted by Gasteiger charge is -2.34. The lowest BCUT2D eigenvalue weighted by Crippen LogP contribution is -2.31. The Balaban J connectivity index is 2.65. The number of alkyl halides is 2. The van der Waals surface area contributed by atoms with E-state index in [9.17, 15) is 18.4 Å². The minimum Gasteiger partial charge on any atom is -0.460 e. The molecule has 0 bridgehead atoms. The van der Waals surface area contributed by atoms with E-state index < -0.39 is 11.5 Å². The zero-order valence-corrected chi connectivity index (χ0v) is 14.8. The van der Waals surface area contributed by atoms with Crippen LogP contribution in [-0.2, 0) is 14.3 Å². The van der Waals surface area contributed by atoms with Gasteiger partial charge in [-0.25, -0.2) is 8.78 Å². The minimum atomic E-state index is -2.58. The van der Waals surface area contributed by atoms with Crippen LogP contribution < -0.4 is 0 Å². The summed E-state index contributed by atoms with van der Waals surface area (Å²) in [6.45, 7) is 7.23. The summed E-state index contributed by atoms with van der Waals surface area (Å²) < 4.78 is 32.1. The standard InChI is InChI=1S/C18H30F2O3/c1-5-15(21)7-6-14(12-16(22)23-17(2,3)4)13-8-10-18(19,20)11-9-13/h13-14H,5-12H2,1-4H3/t14-/m1/s1. The zero-order chi connectivity index (χ0) is 17.7. The SMILES string of the molecule is CCC(=O)CC[C@H](CC(=O)OC(C)(C)C)C1CCC(F)(F)CC1. The second-order valence-corrected chi connectivity index (χ2v) is 7.67. The van der Waals surface area contributed by atoms with E-state index >= 15 is 0 Å². The first-order valence-corrected chi connectivity index (χ1v) is 8.64. The number of esters is 1. The van der Waals surface area contributed by atoms with Gasteiger partial charge < -0.3 is 4.74 Å². The summed E-state index contributed by atoms with van der Waals surface area (Å²) >= 11 is 0. The van der Waals surface area contributed by atoms with Crippen LogP contribution in [-0.4, -0.2) is 23.3 Å². The lowest BCUT2D eigenvalue weighted by molar-refractivity contribution is -0.157. The van der Waals surface area contributed by atoms with E-state index in [1.54, 1.807) is 0 Å². The first-order chi connectivity index (χ1) is 10.5. The number of halogens is 2. The molecule has 1 fully saturated rings. The smallest absolute Gasteiger partial charge is 0.306 e. The largest absolute Gasteiger partial charge is 0.460 e. The van der Waals surface area contributed by atoms with Gasteiger partial charge in [-0.1, -0.05) is 6.92 Å². The summed E-state index contributed by atoms with van der Waals surface area (Å²) in [5, 5.41) is 0. The van der Waals surface area contributed by atoms with Crippen molar-refractivity contribution in [1.29, 1.82) is 0 Å². The molecule has 0 aromatic rings. The molecule has 23 heavy (non-hydrogen) atoms. The Labute approximate surface area is 138 Å². The third-order valence-corrected chi connectivity index (χ3v) is 4.47. The second-order valence-electron chi connectivity index (χ2n) is 7.67. The predicted octanol–water partition coefficient (Wildman–Crippen LogP) is 4.92. The fourth-order valence-corrected chi connectivity index (χ4v) is 3.16. The molecule has 0 heterocycles. The zero-order valence-electron chi connectivity index (χ0n) is 14.8. The van der Waals surface area contributed by atoms with Gasteiger partial charge in [0.1, 0.15) is 11.4 Å². The topological polar surface area (TPSA) is 43.4 Å². The molecule has 0 unspecified atom stereocenters. The summed E-state index contributed by atoms with van der Waals surface area (Å²) in [6, 6.07) is 0. The molecule has 0 amide bonds. The number of carbonyl (C=O) groups is 2. The molecule has 0 radical (unpaired) electrons. The van der Waals surface area contributed by atoms with Crippen LogP contribution in [0.3, 0.4) is 0 Å². The highest BCUT2D eigenvalue weighted by Crippen LogP contribution is 2.41. The Hall–Kier alpha value is -1.00. The normalized spacial score (nSPS) is 20.1. The average molecular weight is 332 g/mol. The van der Waals surface area contributed by atoms with E-state index in [-0.39, 0.29) is 42.9 Å². The molecular weight excluding hydrogens is 302 g/mol. The third kappa shape index (κ3) is 7.89. The first-order valence-electron chi connectivity index (χ1n) is 8.64. The Kier molecular flexibility index (Phi) is 7.15. The van der Waals surface area contributed by atoms with Crippen molar-refractivity contribution in [1.82, 2.24) is 0 Å². The molecule has 1 aliphatic carbocycles. The van der Waals surface area contributed by atoms with Crippen LogP contribution in [0.2, 0.25) is 0 Å². The summed E-state index contributed by atoms with van der Waals surface area (Å²) in [7, 11) is 0. The van der Waals surface area contributed by atoms with Gasteiger partial charge in [0, 0.05) is 32.1 Å². The molecule has 0 saturated heterocycles. The van der Waals surface area contributed by atoms with Gasteiger partial charge in [-0.05, 0) is 51.9 Å². The van der Waals surface area contributed by atoms with Crippen LogP contribution in [0, 0.1) is 11.8 Å². The Bertz CT molecular complexity index is 403. The van der Waals surface area contributed by atoms with Crippen molar-refractivity contribution in [3.63, 3.8) is 0 Å². The molecule has 0 aromatic carbocycles. The molecule has 0 aliphatic heterocycles. The van der Waals surface area contributed by atoms with Gasteiger partial charge in [0.2, 0.25) is 5.92 Å². The highest BCUT2D eigenvalue weighted by molar-refractivity contribution is 5.78. The number of carbonyl (C=O) groups excluding carboxylic acids is 2. The molecule has 134 valence electrons. The lowest BCUT2D eigenvalue weighted by atomic mass is 9.75. The van der Waals surface area contributed by atoms with Gasteiger partial charge in [-0.15, -0.1) is 0 Å². The number of ether oxygens (including phenoxy) is 1. The van der Waals surface area contributed by atoms with Crippen molar-refractivity contribution < 1.29 is 23.1 Å². The van der Waals surface area contributed by atoms with Gasteiger partial charge in [-0.2, -0.15) is 0 Å².